The molecule has 0 unspecified atom stereocenters. The predicted octanol–water partition coefficient (Wildman–Crippen LogP) is 6.25. The molecule has 5 nitrogen and oxygen atoms in total. The summed E-state index contributed by atoms with van der Waals surface area (Å²) < 4.78 is 11.7. The van der Waals surface area contributed by atoms with Gasteiger partial charge in [0.2, 0.25) is 0 Å². The number of carboxylic acids is 1. The van der Waals surface area contributed by atoms with E-state index in [-0.39, 0.29) is 12.0 Å². The Kier molecular flexibility index (Phi) is 7.11. The van der Waals surface area contributed by atoms with Crippen LogP contribution in [0, 0.1) is 26.7 Å². The van der Waals surface area contributed by atoms with E-state index in [4.69, 9.17) is 9.47 Å². The molecule has 2 N–H and O–H groups in total. The number of aliphatic carboxylic acids is 1. The second-order valence-electron chi connectivity index (χ2n) is 11.0. The maximum absolute atomic E-state index is 12.2. The van der Waals surface area contributed by atoms with Gasteiger partial charge in [-0.05, 0) is 109 Å². The number of methoxy groups -OCH3 is 1. The molecule has 2 aliphatic carbocycles. The molecule has 0 bridgehead atoms. The van der Waals surface area contributed by atoms with E-state index in [1.54, 1.807) is 7.11 Å². The normalized spacial score (nSPS) is 20.9. The maximum Gasteiger partial charge on any atom is 0.329 e. The molecule has 0 heterocycles. The van der Waals surface area contributed by atoms with Crippen molar-refractivity contribution < 1.29 is 19.4 Å². The van der Waals surface area contributed by atoms with Gasteiger partial charge >= 0.3 is 5.97 Å². The van der Waals surface area contributed by atoms with Crippen molar-refractivity contribution in [1.29, 1.82) is 0 Å². The topological polar surface area (TPSA) is 67.8 Å². The number of rotatable bonds is 9. The fraction of sp³-hybridized carbons (Fsp3) is 0.406. The first-order valence-corrected chi connectivity index (χ1v) is 13.2. The summed E-state index contributed by atoms with van der Waals surface area (Å²) in [5.41, 5.74) is 9.79. The second-order valence-corrected chi connectivity index (χ2v) is 11.0. The van der Waals surface area contributed by atoms with E-state index < -0.39 is 11.5 Å². The molecule has 5 heteroatoms. The summed E-state index contributed by atoms with van der Waals surface area (Å²) in [4.78, 5) is 12.2. The quantitative estimate of drug-likeness (QED) is 0.364. The fourth-order valence-corrected chi connectivity index (χ4v) is 5.99. The van der Waals surface area contributed by atoms with Crippen LogP contribution < -0.4 is 5.32 Å². The molecule has 0 atom stereocenters. The molecule has 0 saturated heterocycles. The van der Waals surface area contributed by atoms with Gasteiger partial charge in [0.15, 0.2) is 0 Å². The highest BCUT2D eigenvalue weighted by molar-refractivity contribution is 5.85. The van der Waals surface area contributed by atoms with Crippen LogP contribution in [-0.2, 0) is 33.7 Å². The van der Waals surface area contributed by atoms with E-state index >= 15 is 0 Å². The standard InChI is InChI=1S/C32H37NO4/c1-20-11-26(12-21(2)22(20)3)30-10-9-28(33-32(31(34)35)16-23(17-32)18-36-4)13-27(30)19-37-29-14-24-7-5-6-8-25(24)15-29/h5-13,23,29,33H,14-19H2,1-4H3,(H,34,35). The molecule has 0 aromatic heterocycles. The molecule has 3 aromatic carbocycles. The van der Waals surface area contributed by atoms with Gasteiger partial charge in [0.05, 0.1) is 12.7 Å². The van der Waals surface area contributed by atoms with Gasteiger partial charge in [-0.15, -0.1) is 0 Å². The predicted molar refractivity (Wildman–Crippen MR) is 147 cm³/mol. The maximum atomic E-state index is 12.2. The molecule has 1 saturated carbocycles. The van der Waals surface area contributed by atoms with Gasteiger partial charge in [0, 0.05) is 19.4 Å². The molecule has 0 aliphatic heterocycles. The van der Waals surface area contributed by atoms with E-state index in [2.05, 4.69) is 74.6 Å². The van der Waals surface area contributed by atoms with Gasteiger partial charge < -0.3 is 19.9 Å². The molecule has 5 rings (SSSR count). The Bertz CT molecular complexity index is 1260. The zero-order valence-corrected chi connectivity index (χ0v) is 22.3. The van der Waals surface area contributed by atoms with Gasteiger partial charge in [0.1, 0.15) is 5.54 Å². The number of nitrogens with one attached hydrogen (secondary N) is 1. The van der Waals surface area contributed by atoms with Crippen molar-refractivity contribution in [3.05, 3.63) is 88.0 Å². The van der Waals surface area contributed by atoms with Crippen LogP contribution in [0.2, 0.25) is 0 Å². The van der Waals surface area contributed by atoms with Crippen molar-refractivity contribution in [3.63, 3.8) is 0 Å². The summed E-state index contributed by atoms with van der Waals surface area (Å²) in [6, 6.07) is 19.2. The highest BCUT2D eigenvalue weighted by atomic mass is 16.5. The monoisotopic (exact) mass is 499 g/mol. The van der Waals surface area contributed by atoms with Crippen molar-refractivity contribution >= 4 is 11.7 Å². The number of ether oxygens (including phenoxy) is 2. The zero-order valence-electron chi connectivity index (χ0n) is 22.3. The minimum absolute atomic E-state index is 0.148. The van der Waals surface area contributed by atoms with Gasteiger partial charge in [-0.25, -0.2) is 4.79 Å². The molecular weight excluding hydrogens is 462 g/mol. The lowest BCUT2D eigenvalue weighted by molar-refractivity contribution is -0.148. The Morgan fingerprint density at radius 3 is 2.24 bits per heavy atom. The van der Waals surface area contributed by atoms with Crippen LogP contribution in [0.15, 0.2) is 54.6 Å². The molecule has 37 heavy (non-hydrogen) atoms. The number of carboxylic acid groups (broad SMARTS) is 1. The number of anilines is 1. The largest absolute Gasteiger partial charge is 0.480 e. The molecule has 0 radical (unpaired) electrons. The number of carbonyl (C=O) groups is 1. The highest BCUT2D eigenvalue weighted by Gasteiger charge is 2.50. The van der Waals surface area contributed by atoms with Crippen LogP contribution in [0.1, 0.15) is 46.2 Å². The SMILES string of the molecule is COCC1CC(Nc2ccc(-c3cc(C)c(C)c(C)c3)c(COC3Cc4ccccc4C3)c2)(C(=O)O)C1. The Hall–Kier alpha value is -3.15. The van der Waals surface area contributed by atoms with Crippen molar-refractivity contribution in [2.45, 2.75) is 64.7 Å². The molecule has 2 aliphatic rings. The molecular formula is C32H37NO4. The van der Waals surface area contributed by atoms with Gasteiger partial charge in [-0.2, -0.15) is 0 Å². The number of hydrogen-bond donors (Lipinski definition) is 2. The summed E-state index contributed by atoms with van der Waals surface area (Å²) in [5.74, 6) is -0.548. The van der Waals surface area contributed by atoms with Crippen LogP contribution in [0.5, 0.6) is 0 Å². The molecule has 3 aromatic rings. The fourth-order valence-electron chi connectivity index (χ4n) is 5.99. The zero-order chi connectivity index (χ0) is 26.2. The van der Waals surface area contributed by atoms with Gasteiger partial charge in [-0.3, -0.25) is 0 Å². The highest BCUT2D eigenvalue weighted by Crippen LogP contribution is 2.42. The van der Waals surface area contributed by atoms with Crippen molar-refractivity contribution in [3.8, 4) is 11.1 Å². The van der Waals surface area contributed by atoms with Crippen LogP contribution in [0.4, 0.5) is 5.69 Å². The first kappa shape index (κ1) is 25.5. The third-order valence-electron chi connectivity index (χ3n) is 8.30. The van der Waals surface area contributed by atoms with E-state index in [0.29, 0.717) is 26.1 Å². The summed E-state index contributed by atoms with van der Waals surface area (Å²) >= 11 is 0. The third kappa shape index (κ3) is 5.16. The summed E-state index contributed by atoms with van der Waals surface area (Å²) in [6.45, 7) is 7.52. The van der Waals surface area contributed by atoms with E-state index in [0.717, 1.165) is 35.2 Å². The Balaban J connectivity index is 1.42. The van der Waals surface area contributed by atoms with Crippen molar-refractivity contribution in [2.24, 2.45) is 5.92 Å². The van der Waals surface area contributed by atoms with E-state index in [9.17, 15) is 9.90 Å². The number of aryl methyl sites for hydroxylation is 2. The molecule has 194 valence electrons. The number of hydrogen-bond acceptors (Lipinski definition) is 4. The molecule has 1 fully saturated rings. The summed E-state index contributed by atoms with van der Waals surface area (Å²) in [6.07, 6.45) is 3.11. The lowest BCUT2D eigenvalue weighted by atomic mass is 9.68. The lowest BCUT2D eigenvalue weighted by Crippen LogP contribution is -2.57. The van der Waals surface area contributed by atoms with E-state index in [1.165, 1.54) is 27.8 Å². The Labute approximate surface area is 219 Å². The van der Waals surface area contributed by atoms with E-state index in [1.807, 2.05) is 6.07 Å². The van der Waals surface area contributed by atoms with Crippen LogP contribution in [0.3, 0.4) is 0 Å². The molecule has 0 amide bonds. The first-order chi connectivity index (χ1) is 17.8. The van der Waals surface area contributed by atoms with Gasteiger partial charge in [-0.1, -0.05) is 42.5 Å². The minimum Gasteiger partial charge on any atom is -0.480 e. The second kappa shape index (κ2) is 10.3. The number of fused-ring (bicyclic) bond motifs is 1. The van der Waals surface area contributed by atoms with Gasteiger partial charge in [0.25, 0.3) is 0 Å². The average Bonchev–Trinajstić information content (AvgIpc) is 3.27. The van der Waals surface area contributed by atoms with Crippen LogP contribution in [-0.4, -0.2) is 36.4 Å². The van der Waals surface area contributed by atoms with Crippen LogP contribution >= 0.6 is 0 Å². The summed E-state index contributed by atoms with van der Waals surface area (Å²) in [7, 11) is 1.66. The van der Waals surface area contributed by atoms with Crippen molar-refractivity contribution in [1.82, 2.24) is 0 Å². The lowest BCUT2D eigenvalue weighted by Gasteiger charge is -2.45. The smallest absolute Gasteiger partial charge is 0.329 e. The van der Waals surface area contributed by atoms with Crippen molar-refractivity contribution in [2.75, 3.05) is 19.0 Å². The minimum atomic E-state index is -0.951. The Morgan fingerprint density at radius 2 is 1.65 bits per heavy atom. The van der Waals surface area contributed by atoms with Crippen LogP contribution in [0.25, 0.3) is 11.1 Å². The average molecular weight is 500 g/mol. The number of benzene rings is 3. The Morgan fingerprint density at radius 1 is 1.00 bits per heavy atom. The third-order valence-corrected chi connectivity index (χ3v) is 8.30. The summed E-state index contributed by atoms with van der Waals surface area (Å²) in [5, 5.41) is 13.4. The first-order valence-electron chi connectivity index (χ1n) is 13.2. The molecule has 0 spiro atoms.